The van der Waals surface area contributed by atoms with Crippen LogP contribution in [0.2, 0.25) is 0 Å². The maximum atomic E-state index is 12.4. The highest BCUT2D eigenvalue weighted by atomic mass is 16.5. The molecule has 0 radical (unpaired) electrons. The van der Waals surface area contributed by atoms with E-state index in [-0.39, 0.29) is 12.0 Å². The molecular weight excluding hydrogens is 318 g/mol. The normalized spacial score (nSPS) is 20.1. The van der Waals surface area contributed by atoms with E-state index in [4.69, 9.17) is 4.74 Å². The summed E-state index contributed by atoms with van der Waals surface area (Å²) in [6, 6.07) is 6.00. The summed E-state index contributed by atoms with van der Waals surface area (Å²) in [5.74, 6) is 0.785. The summed E-state index contributed by atoms with van der Waals surface area (Å²) in [7, 11) is 0. The van der Waals surface area contributed by atoms with E-state index in [1.807, 2.05) is 29.9 Å². The van der Waals surface area contributed by atoms with Gasteiger partial charge >= 0.3 is 0 Å². The van der Waals surface area contributed by atoms with Gasteiger partial charge in [0.1, 0.15) is 17.5 Å². The minimum absolute atomic E-state index is 0.0984. The van der Waals surface area contributed by atoms with Crippen LogP contribution in [-0.2, 0) is 13.0 Å². The Morgan fingerprint density at radius 1 is 1.40 bits per heavy atom. The Kier molecular flexibility index (Phi) is 4.40. The van der Waals surface area contributed by atoms with Gasteiger partial charge in [-0.2, -0.15) is 0 Å². The first-order valence-electron chi connectivity index (χ1n) is 8.88. The molecule has 132 valence electrons. The number of fused-ring (bicyclic) bond motifs is 1. The molecule has 1 atom stereocenters. The molecule has 4 rings (SSSR count). The molecule has 1 saturated heterocycles. The van der Waals surface area contributed by atoms with Gasteiger partial charge < -0.3 is 15.4 Å². The molecule has 0 saturated carbocycles. The maximum absolute atomic E-state index is 12.4. The lowest BCUT2D eigenvalue weighted by Crippen LogP contribution is -2.29. The minimum Gasteiger partial charge on any atom is -0.490 e. The number of piperidine rings is 1. The van der Waals surface area contributed by atoms with Gasteiger partial charge in [-0.25, -0.2) is 4.68 Å². The zero-order valence-corrected chi connectivity index (χ0v) is 14.4. The van der Waals surface area contributed by atoms with E-state index >= 15 is 0 Å². The second kappa shape index (κ2) is 6.84. The second-order valence-corrected chi connectivity index (χ2v) is 6.81. The van der Waals surface area contributed by atoms with E-state index in [1.165, 1.54) is 0 Å². The molecule has 1 amide bonds. The number of amides is 1. The highest BCUT2D eigenvalue weighted by Gasteiger charge is 2.21. The summed E-state index contributed by atoms with van der Waals surface area (Å²) >= 11 is 0. The molecule has 1 unspecified atom stereocenters. The van der Waals surface area contributed by atoms with Gasteiger partial charge in [0, 0.05) is 12.0 Å². The first-order chi connectivity index (χ1) is 12.2. The molecule has 0 aliphatic carbocycles. The maximum Gasteiger partial charge on any atom is 0.251 e. The van der Waals surface area contributed by atoms with Crippen molar-refractivity contribution in [3.63, 3.8) is 0 Å². The average molecular weight is 341 g/mol. The van der Waals surface area contributed by atoms with Crippen LogP contribution in [0.3, 0.4) is 0 Å². The molecule has 25 heavy (non-hydrogen) atoms. The third-order valence-electron chi connectivity index (χ3n) is 4.83. The van der Waals surface area contributed by atoms with Crippen LogP contribution in [0, 0.1) is 0 Å². The number of carbonyl (C=O) groups excluding carboxylic acids is 1. The highest BCUT2D eigenvalue weighted by Crippen LogP contribution is 2.29. The number of rotatable bonds is 4. The predicted molar refractivity (Wildman–Crippen MR) is 92.6 cm³/mol. The fourth-order valence-electron chi connectivity index (χ4n) is 3.48. The summed E-state index contributed by atoms with van der Waals surface area (Å²) in [6.07, 6.45) is 5.09. The van der Waals surface area contributed by atoms with Crippen molar-refractivity contribution in [2.45, 2.75) is 44.9 Å². The lowest BCUT2D eigenvalue weighted by molar-refractivity contribution is 0.0950. The number of benzene rings is 1. The molecule has 7 nitrogen and oxygen atoms in total. The first-order valence-corrected chi connectivity index (χ1v) is 8.88. The summed E-state index contributed by atoms with van der Waals surface area (Å²) in [5.41, 5.74) is 2.53. The monoisotopic (exact) mass is 341 g/mol. The Bertz CT molecular complexity index is 767. The number of carbonyl (C=O) groups is 1. The van der Waals surface area contributed by atoms with Gasteiger partial charge in [-0.3, -0.25) is 4.79 Å². The van der Waals surface area contributed by atoms with Gasteiger partial charge in [0.05, 0.1) is 18.8 Å². The summed E-state index contributed by atoms with van der Waals surface area (Å²) < 4.78 is 7.60. The quantitative estimate of drug-likeness (QED) is 0.880. The van der Waals surface area contributed by atoms with Crippen molar-refractivity contribution in [3.8, 4) is 5.75 Å². The van der Waals surface area contributed by atoms with Crippen molar-refractivity contribution >= 4 is 5.91 Å². The van der Waals surface area contributed by atoms with Crippen molar-refractivity contribution in [1.29, 1.82) is 0 Å². The van der Waals surface area contributed by atoms with Crippen LogP contribution in [-0.4, -0.2) is 40.1 Å². The number of aromatic nitrogens is 3. The van der Waals surface area contributed by atoms with Gasteiger partial charge in [0.2, 0.25) is 0 Å². The third-order valence-corrected chi connectivity index (χ3v) is 4.83. The standard InChI is InChI=1S/C18H23N5O2/c1-12-8-14-9-13(2-3-17(14)25-12)18(24)20-10-15-11-23(22-21-15)16-4-6-19-7-5-16/h2-3,9,11-12,16,19H,4-8,10H2,1H3,(H,20,24). The second-order valence-electron chi connectivity index (χ2n) is 6.81. The minimum atomic E-state index is -0.0984. The fraction of sp³-hybridized carbons (Fsp3) is 0.500. The molecule has 1 aromatic carbocycles. The van der Waals surface area contributed by atoms with Gasteiger partial charge in [-0.15, -0.1) is 5.10 Å². The van der Waals surface area contributed by atoms with Gasteiger partial charge in [0.15, 0.2) is 0 Å². The Hall–Kier alpha value is -2.41. The number of nitrogens with one attached hydrogen (secondary N) is 2. The van der Waals surface area contributed by atoms with Crippen LogP contribution in [0.25, 0.3) is 0 Å². The van der Waals surface area contributed by atoms with Gasteiger partial charge in [-0.05, 0) is 56.6 Å². The van der Waals surface area contributed by atoms with E-state index in [2.05, 4.69) is 20.9 Å². The molecule has 0 spiro atoms. The molecule has 0 bridgehead atoms. The topological polar surface area (TPSA) is 81.1 Å². The van der Waals surface area contributed by atoms with E-state index in [0.717, 1.165) is 49.4 Å². The van der Waals surface area contributed by atoms with E-state index in [1.54, 1.807) is 6.07 Å². The van der Waals surface area contributed by atoms with Crippen LogP contribution in [0.5, 0.6) is 5.75 Å². The zero-order valence-electron chi connectivity index (χ0n) is 14.4. The van der Waals surface area contributed by atoms with Crippen molar-refractivity contribution in [1.82, 2.24) is 25.6 Å². The Morgan fingerprint density at radius 3 is 3.08 bits per heavy atom. The lowest BCUT2D eigenvalue weighted by Gasteiger charge is -2.22. The molecule has 1 fully saturated rings. The fourth-order valence-corrected chi connectivity index (χ4v) is 3.48. The Morgan fingerprint density at radius 2 is 2.24 bits per heavy atom. The molecule has 7 heteroatoms. The molecule has 2 aliphatic rings. The van der Waals surface area contributed by atoms with Gasteiger partial charge in [0.25, 0.3) is 5.91 Å². The summed E-state index contributed by atoms with van der Waals surface area (Å²) in [4.78, 5) is 12.4. The van der Waals surface area contributed by atoms with Crippen molar-refractivity contribution in [2.24, 2.45) is 0 Å². The molecular formula is C18H23N5O2. The van der Waals surface area contributed by atoms with Crippen LogP contribution in [0.4, 0.5) is 0 Å². The van der Waals surface area contributed by atoms with E-state index in [9.17, 15) is 4.79 Å². The van der Waals surface area contributed by atoms with Crippen LogP contribution in [0.15, 0.2) is 24.4 Å². The van der Waals surface area contributed by atoms with Crippen LogP contribution >= 0.6 is 0 Å². The number of nitrogens with zero attached hydrogens (tertiary/aromatic N) is 3. The molecule has 2 aromatic rings. The van der Waals surface area contributed by atoms with E-state index in [0.29, 0.717) is 18.2 Å². The van der Waals surface area contributed by atoms with Crippen molar-refractivity contribution in [2.75, 3.05) is 13.1 Å². The molecule has 3 heterocycles. The predicted octanol–water partition coefficient (Wildman–Crippen LogP) is 1.46. The Balaban J connectivity index is 1.36. The third kappa shape index (κ3) is 3.51. The van der Waals surface area contributed by atoms with Crippen LogP contribution in [0.1, 0.15) is 47.4 Å². The Labute approximate surface area is 146 Å². The molecule has 2 N–H and O–H groups in total. The van der Waals surface area contributed by atoms with Crippen molar-refractivity contribution < 1.29 is 9.53 Å². The first kappa shape index (κ1) is 16.1. The number of hydrogen-bond acceptors (Lipinski definition) is 5. The zero-order chi connectivity index (χ0) is 17.2. The summed E-state index contributed by atoms with van der Waals surface area (Å²) in [5, 5.41) is 14.7. The number of hydrogen-bond donors (Lipinski definition) is 2. The SMILES string of the molecule is CC1Cc2cc(C(=O)NCc3cn(C4CCNCC4)nn3)ccc2O1. The molecule has 2 aliphatic heterocycles. The number of ether oxygens (including phenoxy) is 1. The smallest absolute Gasteiger partial charge is 0.251 e. The molecule has 1 aromatic heterocycles. The van der Waals surface area contributed by atoms with Crippen molar-refractivity contribution in [3.05, 3.63) is 41.2 Å². The largest absolute Gasteiger partial charge is 0.490 e. The summed E-state index contributed by atoms with van der Waals surface area (Å²) in [6.45, 7) is 4.44. The average Bonchev–Trinajstić information content (AvgIpc) is 3.25. The van der Waals surface area contributed by atoms with Crippen LogP contribution < -0.4 is 15.4 Å². The van der Waals surface area contributed by atoms with E-state index < -0.39 is 0 Å². The highest BCUT2D eigenvalue weighted by molar-refractivity contribution is 5.94. The lowest BCUT2D eigenvalue weighted by atomic mass is 10.1. The van der Waals surface area contributed by atoms with Gasteiger partial charge in [-0.1, -0.05) is 5.21 Å².